The molecule has 0 radical (unpaired) electrons. The zero-order chi connectivity index (χ0) is 15.4. The Labute approximate surface area is 130 Å². The second-order valence-corrected chi connectivity index (χ2v) is 5.44. The van der Waals surface area contributed by atoms with Gasteiger partial charge in [-0.1, -0.05) is 31.4 Å². The summed E-state index contributed by atoms with van der Waals surface area (Å²) in [5, 5.41) is 8.49. The Kier molecular flexibility index (Phi) is 4.58. The number of hydrogen-bond donors (Lipinski definition) is 1. The van der Waals surface area contributed by atoms with Crippen LogP contribution in [-0.2, 0) is 13.1 Å². The predicted molar refractivity (Wildman–Crippen MR) is 83.6 cm³/mol. The van der Waals surface area contributed by atoms with Crippen LogP contribution >= 0.6 is 0 Å². The third-order valence-corrected chi connectivity index (χ3v) is 3.87. The topological polar surface area (TPSA) is 75.2 Å². The van der Waals surface area contributed by atoms with Gasteiger partial charge in [-0.2, -0.15) is 0 Å². The largest absolute Gasteiger partial charge is 0.454 e. The molecule has 0 spiro atoms. The van der Waals surface area contributed by atoms with Crippen LogP contribution in [-0.4, -0.2) is 21.8 Å². The van der Waals surface area contributed by atoms with Crippen molar-refractivity contribution in [3.63, 3.8) is 0 Å². The van der Waals surface area contributed by atoms with Crippen molar-refractivity contribution >= 4 is 0 Å². The highest BCUT2D eigenvalue weighted by molar-refractivity contribution is 5.66. The van der Waals surface area contributed by atoms with E-state index in [1.807, 2.05) is 22.9 Å². The fraction of sp³-hybridized carbons (Fsp3) is 0.500. The van der Waals surface area contributed by atoms with E-state index in [1.165, 1.54) is 19.3 Å². The van der Waals surface area contributed by atoms with Crippen LogP contribution in [0.1, 0.15) is 38.3 Å². The molecule has 1 aromatic heterocycles. The molecule has 1 aliphatic rings. The number of hydrogen-bond acceptors (Lipinski definition) is 5. The van der Waals surface area contributed by atoms with Crippen molar-refractivity contribution in [1.82, 2.24) is 15.0 Å². The van der Waals surface area contributed by atoms with Crippen LogP contribution in [0.4, 0.5) is 0 Å². The fourth-order valence-corrected chi connectivity index (χ4v) is 2.69. The van der Waals surface area contributed by atoms with E-state index in [1.54, 1.807) is 0 Å². The van der Waals surface area contributed by atoms with Gasteiger partial charge in [0.2, 0.25) is 6.79 Å². The summed E-state index contributed by atoms with van der Waals surface area (Å²) >= 11 is 0. The minimum Gasteiger partial charge on any atom is -0.454 e. The number of fused-ring (bicyclic) bond motifs is 1. The van der Waals surface area contributed by atoms with Crippen molar-refractivity contribution in [3.8, 4) is 22.8 Å². The maximum Gasteiger partial charge on any atom is 0.231 e. The molecule has 2 N–H and O–H groups in total. The van der Waals surface area contributed by atoms with Gasteiger partial charge in [-0.05, 0) is 24.6 Å². The first-order chi connectivity index (χ1) is 10.8. The minimum absolute atomic E-state index is 0.275. The Morgan fingerprint density at radius 3 is 2.86 bits per heavy atom. The van der Waals surface area contributed by atoms with E-state index in [9.17, 15) is 0 Å². The molecule has 6 nitrogen and oxygen atoms in total. The highest BCUT2D eigenvalue weighted by atomic mass is 16.7. The Morgan fingerprint density at radius 2 is 2.05 bits per heavy atom. The number of ether oxygens (including phenoxy) is 2. The van der Waals surface area contributed by atoms with Gasteiger partial charge in [-0.15, -0.1) is 5.10 Å². The molecule has 0 saturated carbocycles. The van der Waals surface area contributed by atoms with Crippen molar-refractivity contribution < 1.29 is 9.47 Å². The van der Waals surface area contributed by atoms with Crippen LogP contribution in [0.5, 0.6) is 11.5 Å². The predicted octanol–water partition coefficient (Wildman–Crippen LogP) is 2.71. The molecular formula is C16H22N4O2. The Bertz CT molecular complexity index is 639. The molecule has 0 aliphatic carbocycles. The van der Waals surface area contributed by atoms with Crippen LogP contribution in [0.15, 0.2) is 18.2 Å². The number of benzene rings is 1. The Morgan fingerprint density at radius 1 is 1.18 bits per heavy atom. The summed E-state index contributed by atoms with van der Waals surface area (Å²) in [5.74, 6) is 1.54. The second-order valence-electron chi connectivity index (χ2n) is 5.44. The summed E-state index contributed by atoms with van der Waals surface area (Å²) in [6.45, 7) is 3.71. The van der Waals surface area contributed by atoms with E-state index in [0.717, 1.165) is 41.4 Å². The molecule has 2 heterocycles. The molecule has 0 bridgehead atoms. The first-order valence-electron chi connectivity index (χ1n) is 7.86. The molecule has 0 atom stereocenters. The molecule has 0 saturated heterocycles. The average Bonchev–Trinajstić information content (AvgIpc) is 3.16. The molecule has 1 aliphatic heterocycles. The molecule has 6 heteroatoms. The zero-order valence-corrected chi connectivity index (χ0v) is 12.9. The van der Waals surface area contributed by atoms with Crippen LogP contribution in [0, 0.1) is 0 Å². The molecule has 0 amide bonds. The van der Waals surface area contributed by atoms with Crippen LogP contribution < -0.4 is 15.2 Å². The second kappa shape index (κ2) is 6.79. The van der Waals surface area contributed by atoms with Crippen LogP contribution in [0.3, 0.4) is 0 Å². The molecule has 22 heavy (non-hydrogen) atoms. The lowest BCUT2D eigenvalue weighted by Crippen LogP contribution is -2.05. The molecule has 3 rings (SSSR count). The SMILES string of the molecule is CCCCCCn1nnc(CN)c1-c1ccc2c(c1)OCO2. The number of aromatic nitrogens is 3. The fourth-order valence-electron chi connectivity index (χ4n) is 2.69. The van der Waals surface area contributed by atoms with E-state index in [2.05, 4.69) is 17.2 Å². The van der Waals surface area contributed by atoms with E-state index in [-0.39, 0.29) is 6.79 Å². The van der Waals surface area contributed by atoms with Gasteiger partial charge in [-0.3, -0.25) is 0 Å². The first-order valence-corrected chi connectivity index (χ1v) is 7.86. The van der Waals surface area contributed by atoms with Crippen LogP contribution in [0.2, 0.25) is 0 Å². The quantitative estimate of drug-likeness (QED) is 0.796. The average molecular weight is 302 g/mol. The summed E-state index contributed by atoms with van der Waals surface area (Å²) in [4.78, 5) is 0. The molecule has 118 valence electrons. The third-order valence-electron chi connectivity index (χ3n) is 3.87. The van der Waals surface area contributed by atoms with E-state index in [0.29, 0.717) is 6.54 Å². The van der Waals surface area contributed by atoms with Gasteiger partial charge >= 0.3 is 0 Å². The molecule has 1 aromatic carbocycles. The number of rotatable bonds is 7. The van der Waals surface area contributed by atoms with Crippen molar-refractivity contribution in [2.75, 3.05) is 6.79 Å². The number of nitrogens with two attached hydrogens (primary N) is 1. The molecular weight excluding hydrogens is 280 g/mol. The minimum atomic E-state index is 0.275. The standard InChI is InChI=1S/C16H22N4O2/c1-2-3-4-5-8-20-16(13(10-17)18-19-20)12-6-7-14-15(9-12)22-11-21-14/h6-7,9H,2-5,8,10-11,17H2,1H3. The van der Waals surface area contributed by atoms with E-state index >= 15 is 0 Å². The lowest BCUT2D eigenvalue weighted by molar-refractivity contribution is 0.174. The highest BCUT2D eigenvalue weighted by Gasteiger charge is 2.18. The Hall–Kier alpha value is -2.08. The van der Waals surface area contributed by atoms with Crippen molar-refractivity contribution in [2.45, 2.75) is 45.7 Å². The summed E-state index contributed by atoms with van der Waals surface area (Å²) in [6.07, 6.45) is 4.77. The van der Waals surface area contributed by atoms with Gasteiger partial charge < -0.3 is 15.2 Å². The first kappa shape index (κ1) is 14.8. The number of unbranched alkanes of at least 4 members (excludes halogenated alkanes) is 3. The maximum absolute atomic E-state index is 5.82. The van der Waals surface area contributed by atoms with E-state index in [4.69, 9.17) is 15.2 Å². The van der Waals surface area contributed by atoms with Crippen molar-refractivity contribution in [3.05, 3.63) is 23.9 Å². The zero-order valence-electron chi connectivity index (χ0n) is 12.9. The lowest BCUT2D eigenvalue weighted by Gasteiger charge is -2.08. The Balaban J connectivity index is 1.86. The number of aryl methyl sites for hydroxylation is 1. The van der Waals surface area contributed by atoms with Gasteiger partial charge in [-0.25, -0.2) is 4.68 Å². The van der Waals surface area contributed by atoms with Gasteiger partial charge in [0.05, 0.1) is 5.69 Å². The number of nitrogens with zero attached hydrogens (tertiary/aromatic N) is 3. The summed E-state index contributed by atoms with van der Waals surface area (Å²) in [7, 11) is 0. The van der Waals surface area contributed by atoms with Gasteiger partial charge in [0.25, 0.3) is 0 Å². The monoisotopic (exact) mass is 302 g/mol. The molecule has 2 aromatic rings. The van der Waals surface area contributed by atoms with Crippen molar-refractivity contribution in [2.24, 2.45) is 5.73 Å². The smallest absolute Gasteiger partial charge is 0.231 e. The van der Waals surface area contributed by atoms with Gasteiger partial charge in [0, 0.05) is 18.7 Å². The highest BCUT2D eigenvalue weighted by Crippen LogP contribution is 2.36. The lowest BCUT2D eigenvalue weighted by atomic mass is 10.1. The summed E-state index contributed by atoms with van der Waals surface area (Å²) in [5.41, 5.74) is 8.64. The van der Waals surface area contributed by atoms with Crippen molar-refractivity contribution in [1.29, 1.82) is 0 Å². The van der Waals surface area contributed by atoms with Gasteiger partial charge in [0.1, 0.15) is 5.69 Å². The maximum atomic E-state index is 5.82. The normalized spacial score (nSPS) is 12.8. The summed E-state index contributed by atoms with van der Waals surface area (Å²) < 4.78 is 12.8. The molecule has 0 fully saturated rings. The summed E-state index contributed by atoms with van der Waals surface area (Å²) in [6, 6.07) is 5.91. The third kappa shape index (κ3) is 2.92. The van der Waals surface area contributed by atoms with E-state index < -0.39 is 0 Å². The molecule has 0 unspecified atom stereocenters. The van der Waals surface area contributed by atoms with Crippen LogP contribution in [0.25, 0.3) is 11.3 Å². The van der Waals surface area contributed by atoms with Gasteiger partial charge in [0.15, 0.2) is 11.5 Å².